The monoisotopic (exact) mass is 482 g/mol. The van der Waals surface area contributed by atoms with Gasteiger partial charge in [0.05, 0.1) is 19.3 Å². The number of thiazole rings is 1. The first-order chi connectivity index (χ1) is 15.2. The van der Waals surface area contributed by atoms with Crippen molar-refractivity contribution in [3.63, 3.8) is 0 Å². The van der Waals surface area contributed by atoms with Crippen LogP contribution in [0.25, 0.3) is 0 Å². The number of carbonyl (C=O) groups is 2. The second-order valence-corrected chi connectivity index (χ2v) is 9.81. The van der Waals surface area contributed by atoms with E-state index < -0.39 is 34.1 Å². The molecule has 174 valence electrons. The highest BCUT2D eigenvalue weighted by Gasteiger charge is 2.37. The Hall–Kier alpha value is -2.42. The van der Waals surface area contributed by atoms with E-state index in [1.54, 1.807) is 24.3 Å². The first-order valence-electron chi connectivity index (χ1n) is 9.92. The predicted molar refractivity (Wildman–Crippen MR) is 121 cm³/mol. The molecule has 11 nitrogen and oxygen atoms in total. The number of amides is 2. The molecule has 2 aromatic rings. The minimum absolute atomic E-state index is 0.00318. The summed E-state index contributed by atoms with van der Waals surface area (Å²) in [5.41, 5.74) is 12.2. The van der Waals surface area contributed by atoms with E-state index in [0.717, 1.165) is 16.2 Å². The number of nitrogen functional groups attached to an aromatic ring is 1. The zero-order valence-electron chi connectivity index (χ0n) is 17.5. The Morgan fingerprint density at radius 1 is 1.25 bits per heavy atom. The molecule has 2 atom stereocenters. The van der Waals surface area contributed by atoms with Gasteiger partial charge in [0, 0.05) is 18.5 Å². The summed E-state index contributed by atoms with van der Waals surface area (Å²) in [6, 6.07) is 6.59. The number of anilines is 2. The normalized spacial score (nSPS) is 16.9. The van der Waals surface area contributed by atoms with Crippen molar-refractivity contribution >= 4 is 44.3 Å². The van der Waals surface area contributed by atoms with Crippen molar-refractivity contribution in [2.45, 2.75) is 25.4 Å². The van der Waals surface area contributed by atoms with Crippen LogP contribution in [-0.4, -0.2) is 67.9 Å². The maximum atomic E-state index is 13.6. The molecule has 0 aliphatic carbocycles. The van der Waals surface area contributed by atoms with Crippen LogP contribution in [0.4, 0.5) is 10.9 Å². The van der Waals surface area contributed by atoms with Gasteiger partial charge in [-0.05, 0) is 18.9 Å². The summed E-state index contributed by atoms with van der Waals surface area (Å²) in [7, 11) is -4.03. The van der Waals surface area contributed by atoms with Crippen LogP contribution in [0.5, 0.6) is 0 Å². The second kappa shape index (κ2) is 10.5. The Morgan fingerprint density at radius 2 is 1.91 bits per heavy atom. The number of hydrogen-bond donors (Lipinski definition) is 3. The highest BCUT2D eigenvalue weighted by molar-refractivity contribution is 7.87. The summed E-state index contributed by atoms with van der Waals surface area (Å²) < 4.78 is 34.9. The molecule has 3 rings (SSSR count). The van der Waals surface area contributed by atoms with Crippen molar-refractivity contribution in [1.29, 1.82) is 0 Å². The zero-order valence-corrected chi connectivity index (χ0v) is 19.1. The number of nitrogens with one attached hydrogen (secondary N) is 1. The first kappa shape index (κ1) is 24.2. The highest BCUT2D eigenvalue weighted by Crippen LogP contribution is 2.22. The van der Waals surface area contributed by atoms with Gasteiger partial charge < -0.3 is 16.2 Å². The van der Waals surface area contributed by atoms with Gasteiger partial charge in [0.15, 0.2) is 10.9 Å². The highest BCUT2D eigenvalue weighted by atomic mass is 32.2. The molecule has 2 heterocycles. The van der Waals surface area contributed by atoms with E-state index in [1.165, 1.54) is 16.6 Å². The molecule has 1 aliphatic heterocycles. The quantitative estimate of drug-likeness (QED) is 0.462. The minimum Gasteiger partial charge on any atom is -0.379 e. The standard InChI is InChI=1S/C19H26N6O5S2/c1-13(20)17(26)25(16-12-31-19(21)22-16)18(27)15(11-14-5-3-2-4-6-14)23-32(28,29)24-7-9-30-10-8-24/h2-6,12-13,15,23H,7-11,20H2,1H3,(H2,21,22)/t13-,15-/m0/s1. The number of ether oxygens (including phenoxy) is 1. The van der Waals surface area contributed by atoms with Crippen molar-refractivity contribution in [3.8, 4) is 0 Å². The smallest absolute Gasteiger partial charge is 0.280 e. The molecule has 1 fully saturated rings. The minimum atomic E-state index is -4.03. The van der Waals surface area contributed by atoms with Crippen molar-refractivity contribution in [1.82, 2.24) is 14.0 Å². The fourth-order valence-electron chi connectivity index (χ4n) is 3.15. The lowest BCUT2D eigenvalue weighted by molar-refractivity contribution is -0.128. The number of morpholine rings is 1. The average Bonchev–Trinajstić information content (AvgIpc) is 3.20. The Kier molecular flexibility index (Phi) is 7.92. The molecule has 0 radical (unpaired) electrons. The van der Waals surface area contributed by atoms with E-state index >= 15 is 0 Å². The fourth-order valence-corrected chi connectivity index (χ4v) is 5.00. The van der Waals surface area contributed by atoms with Gasteiger partial charge in [0.2, 0.25) is 0 Å². The van der Waals surface area contributed by atoms with Gasteiger partial charge in [-0.1, -0.05) is 30.3 Å². The van der Waals surface area contributed by atoms with Gasteiger partial charge in [-0.15, -0.1) is 11.3 Å². The van der Waals surface area contributed by atoms with E-state index in [0.29, 0.717) is 5.56 Å². The van der Waals surface area contributed by atoms with Crippen LogP contribution in [0.2, 0.25) is 0 Å². The number of hydrogen-bond acceptors (Lipinski definition) is 9. The molecule has 0 unspecified atom stereocenters. The van der Waals surface area contributed by atoms with Gasteiger partial charge in [-0.25, -0.2) is 9.88 Å². The summed E-state index contributed by atoms with van der Waals surface area (Å²) in [4.78, 5) is 31.2. The van der Waals surface area contributed by atoms with Gasteiger partial charge in [0.1, 0.15) is 6.04 Å². The number of aromatic nitrogens is 1. The molecule has 0 saturated carbocycles. The van der Waals surface area contributed by atoms with Crippen LogP contribution in [0.15, 0.2) is 35.7 Å². The van der Waals surface area contributed by atoms with Crippen molar-refractivity contribution in [2.75, 3.05) is 36.9 Å². The lowest BCUT2D eigenvalue weighted by atomic mass is 10.1. The Labute approximate surface area is 190 Å². The fraction of sp³-hybridized carbons (Fsp3) is 0.421. The molecule has 0 bridgehead atoms. The van der Waals surface area contributed by atoms with E-state index in [4.69, 9.17) is 16.2 Å². The van der Waals surface area contributed by atoms with Gasteiger partial charge in [0.25, 0.3) is 22.0 Å². The molecule has 13 heteroatoms. The lowest BCUT2D eigenvalue weighted by Gasteiger charge is -2.30. The van der Waals surface area contributed by atoms with Gasteiger partial charge in [-0.3, -0.25) is 9.59 Å². The molecule has 1 saturated heterocycles. The number of carbonyl (C=O) groups excluding carboxylic acids is 2. The van der Waals surface area contributed by atoms with E-state index in [9.17, 15) is 18.0 Å². The van der Waals surface area contributed by atoms with Crippen molar-refractivity contribution in [3.05, 3.63) is 41.3 Å². The van der Waals surface area contributed by atoms with Crippen LogP contribution in [0.3, 0.4) is 0 Å². The third kappa shape index (κ3) is 5.88. The topological polar surface area (TPSA) is 161 Å². The van der Waals surface area contributed by atoms with E-state index in [1.807, 2.05) is 6.07 Å². The number of imide groups is 1. The zero-order chi connectivity index (χ0) is 23.3. The number of rotatable bonds is 8. The molecular weight excluding hydrogens is 456 g/mol. The maximum absolute atomic E-state index is 13.6. The van der Waals surface area contributed by atoms with Crippen molar-refractivity contribution < 1.29 is 22.7 Å². The summed E-state index contributed by atoms with van der Waals surface area (Å²) >= 11 is 1.05. The summed E-state index contributed by atoms with van der Waals surface area (Å²) in [6.45, 7) is 2.26. The van der Waals surface area contributed by atoms with Crippen LogP contribution in [0.1, 0.15) is 12.5 Å². The van der Waals surface area contributed by atoms with Crippen LogP contribution < -0.4 is 21.1 Å². The van der Waals surface area contributed by atoms with Gasteiger partial charge >= 0.3 is 0 Å². The number of benzene rings is 1. The van der Waals surface area contributed by atoms with E-state index in [2.05, 4.69) is 9.71 Å². The summed E-state index contributed by atoms with van der Waals surface area (Å²) in [6.07, 6.45) is 0.0194. The molecule has 0 spiro atoms. The number of nitrogens with zero attached hydrogens (tertiary/aromatic N) is 3. The lowest BCUT2D eigenvalue weighted by Crippen LogP contribution is -2.57. The summed E-state index contributed by atoms with van der Waals surface area (Å²) in [5.74, 6) is -1.51. The Morgan fingerprint density at radius 3 is 2.47 bits per heavy atom. The SMILES string of the molecule is C[C@H](N)C(=O)N(C(=O)[C@H](Cc1ccccc1)NS(=O)(=O)N1CCOCC1)c1csc(N)n1. The first-order valence-corrected chi connectivity index (χ1v) is 12.2. The molecule has 5 N–H and O–H groups in total. The molecular formula is C19H26N6O5S2. The third-order valence-electron chi connectivity index (χ3n) is 4.75. The van der Waals surface area contributed by atoms with Crippen LogP contribution >= 0.6 is 11.3 Å². The van der Waals surface area contributed by atoms with Crippen molar-refractivity contribution in [2.24, 2.45) is 5.73 Å². The average molecular weight is 483 g/mol. The van der Waals surface area contributed by atoms with Crippen LogP contribution in [-0.2, 0) is 31.0 Å². The number of nitrogens with two attached hydrogens (primary N) is 2. The largest absolute Gasteiger partial charge is 0.379 e. The Bertz CT molecular complexity index is 1040. The second-order valence-electron chi connectivity index (χ2n) is 7.22. The predicted octanol–water partition coefficient (Wildman–Crippen LogP) is -0.290. The van der Waals surface area contributed by atoms with Gasteiger partial charge in [-0.2, -0.15) is 17.4 Å². The van der Waals surface area contributed by atoms with Crippen LogP contribution in [0, 0.1) is 0 Å². The summed E-state index contributed by atoms with van der Waals surface area (Å²) in [5, 5.41) is 1.60. The molecule has 32 heavy (non-hydrogen) atoms. The molecule has 1 aliphatic rings. The molecule has 1 aromatic carbocycles. The van der Waals surface area contributed by atoms with E-state index in [-0.39, 0.29) is 43.7 Å². The molecule has 2 amide bonds. The Balaban J connectivity index is 1.96. The maximum Gasteiger partial charge on any atom is 0.280 e. The molecule has 1 aromatic heterocycles. The third-order valence-corrected chi connectivity index (χ3v) is 7.04.